The molecule has 0 unspecified atom stereocenters. The maximum Gasteiger partial charge on any atom is 0.270 e. The standard InChI is InChI=1S/C16H19N5O3S/c1-3-24-7-6-21-13-5-4-12(23-2)8-14(13)25-16(21)19-15(22)9-20-11-17-10-18-20/h4-5,8,10-11H,3,6-7,9H2,1-2H3. The average Bonchev–Trinajstić information content (AvgIpc) is 3.22. The Morgan fingerprint density at radius 1 is 1.40 bits per heavy atom. The van der Waals surface area contributed by atoms with Crippen LogP contribution in [-0.4, -0.2) is 45.6 Å². The van der Waals surface area contributed by atoms with Crippen LogP contribution in [0.5, 0.6) is 5.75 Å². The van der Waals surface area contributed by atoms with Crippen molar-refractivity contribution in [2.45, 2.75) is 20.0 Å². The van der Waals surface area contributed by atoms with E-state index in [9.17, 15) is 4.79 Å². The molecule has 0 aliphatic rings. The van der Waals surface area contributed by atoms with Gasteiger partial charge in [-0.2, -0.15) is 10.1 Å². The van der Waals surface area contributed by atoms with E-state index in [-0.39, 0.29) is 12.5 Å². The number of carbonyl (C=O) groups is 1. The fraction of sp³-hybridized carbons (Fsp3) is 0.375. The molecule has 8 nitrogen and oxygen atoms in total. The molecule has 0 spiro atoms. The van der Waals surface area contributed by atoms with Crippen LogP contribution in [0.3, 0.4) is 0 Å². The van der Waals surface area contributed by atoms with Crippen molar-refractivity contribution in [3.63, 3.8) is 0 Å². The number of thiazole rings is 1. The highest BCUT2D eigenvalue weighted by Crippen LogP contribution is 2.23. The topological polar surface area (TPSA) is 83.5 Å². The van der Waals surface area contributed by atoms with Crippen molar-refractivity contribution in [3.8, 4) is 5.75 Å². The summed E-state index contributed by atoms with van der Waals surface area (Å²) in [5.41, 5.74) is 0.998. The van der Waals surface area contributed by atoms with Gasteiger partial charge in [0.25, 0.3) is 5.91 Å². The number of methoxy groups -OCH3 is 1. The van der Waals surface area contributed by atoms with Gasteiger partial charge in [-0.25, -0.2) is 9.67 Å². The lowest BCUT2D eigenvalue weighted by molar-refractivity contribution is -0.118. The van der Waals surface area contributed by atoms with Crippen LogP contribution in [0, 0.1) is 0 Å². The van der Waals surface area contributed by atoms with E-state index in [0.29, 0.717) is 24.6 Å². The highest BCUT2D eigenvalue weighted by atomic mass is 32.1. The van der Waals surface area contributed by atoms with Crippen LogP contribution in [0.25, 0.3) is 10.2 Å². The third-order valence-corrected chi connectivity index (χ3v) is 4.58. The van der Waals surface area contributed by atoms with Crippen molar-refractivity contribution in [1.29, 1.82) is 0 Å². The van der Waals surface area contributed by atoms with Gasteiger partial charge < -0.3 is 14.0 Å². The minimum absolute atomic E-state index is 0.0586. The summed E-state index contributed by atoms with van der Waals surface area (Å²) in [6, 6.07) is 5.81. The van der Waals surface area contributed by atoms with E-state index in [0.717, 1.165) is 16.0 Å². The molecule has 0 N–H and O–H groups in total. The van der Waals surface area contributed by atoms with Gasteiger partial charge in [0, 0.05) is 13.2 Å². The normalized spacial score (nSPS) is 12.0. The Labute approximate surface area is 148 Å². The summed E-state index contributed by atoms with van der Waals surface area (Å²) in [7, 11) is 1.63. The van der Waals surface area contributed by atoms with E-state index in [1.807, 2.05) is 29.7 Å². The first-order valence-corrected chi connectivity index (χ1v) is 8.68. The predicted octanol–water partition coefficient (Wildman–Crippen LogP) is 1.47. The molecule has 0 bridgehead atoms. The third-order valence-electron chi connectivity index (χ3n) is 3.54. The molecule has 3 rings (SSSR count). The molecule has 0 radical (unpaired) electrons. The van der Waals surface area contributed by atoms with E-state index in [4.69, 9.17) is 9.47 Å². The highest BCUT2D eigenvalue weighted by Gasteiger charge is 2.10. The summed E-state index contributed by atoms with van der Waals surface area (Å²) >= 11 is 1.45. The Bertz CT molecular complexity index is 914. The van der Waals surface area contributed by atoms with E-state index < -0.39 is 0 Å². The number of aromatic nitrogens is 4. The maximum atomic E-state index is 12.2. The lowest BCUT2D eigenvalue weighted by Crippen LogP contribution is -2.21. The molecule has 0 aliphatic carbocycles. The zero-order valence-electron chi connectivity index (χ0n) is 14.1. The monoisotopic (exact) mass is 361 g/mol. The Morgan fingerprint density at radius 3 is 3.00 bits per heavy atom. The number of hydrogen-bond donors (Lipinski definition) is 0. The molecular weight excluding hydrogens is 342 g/mol. The molecule has 0 atom stereocenters. The number of carbonyl (C=O) groups excluding carboxylic acids is 1. The van der Waals surface area contributed by atoms with Crippen molar-refractivity contribution in [3.05, 3.63) is 35.7 Å². The molecule has 9 heteroatoms. The van der Waals surface area contributed by atoms with Gasteiger partial charge in [0.1, 0.15) is 24.9 Å². The lowest BCUT2D eigenvalue weighted by Gasteiger charge is -2.06. The van der Waals surface area contributed by atoms with E-state index in [1.54, 1.807) is 7.11 Å². The molecule has 1 amide bonds. The number of ether oxygens (including phenoxy) is 2. The Kier molecular flexibility index (Phi) is 5.56. The average molecular weight is 361 g/mol. The van der Waals surface area contributed by atoms with Gasteiger partial charge in [-0.3, -0.25) is 4.79 Å². The van der Waals surface area contributed by atoms with Crippen LogP contribution in [0.15, 0.2) is 35.8 Å². The van der Waals surface area contributed by atoms with Gasteiger partial charge in [-0.1, -0.05) is 11.3 Å². The van der Waals surface area contributed by atoms with Crippen LogP contribution in [-0.2, 0) is 22.6 Å². The summed E-state index contributed by atoms with van der Waals surface area (Å²) in [6.45, 7) is 3.83. The minimum Gasteiger partial charge on any atom is -0.497 e. The molecule has 132 valence electrons. The molecule has 25 heavy (non-hydrogen) atoms. The van der Waals surface area contributed by atoms with Crippen molar-refractivity contribution in [2.24, 2.45) is 4.99 Å². The van der Waals surface area contributed by atoms with Gasteiger partial charge in [-0.15, -0.1) is 0 Å². The maximum absolute atomic E-state index is 12.2. The molecule has 1 aromatic carbocycles. The summed E-state index contributed by atoms with van der Waals surface area (Å²) in [6.07, 6.45) is 2.88. The third kappa shape index (κ3) is 4.12. The van der Waals surface area contributed by atoms with Crippen LogP contribution < -0.4 is 9.54 Å². The quantitative estimate of drug-likeness (QED) is 0.595. The fourth-order valence-corrected chi connectivity index (χ4v) is 3.48. The van der Waals surface area contributed by atoms with Crippen LogP contribution in [0.1, 0.15) is 6.92 Å². The number of rotatable bonds is 7. The zero-order valence-corrected chi connectivity index (χ0v) is 14.9. The second kappa shape index (κ2) is 8.04. The molecule has 0 aliphatic heterocycles. The minimum atomic E-state index is -0.283. The Balaban J connectivity index is 1.97. The number of fused-ring (bicyclic) bond motifs is 1. The Hall–Kier alpha value is -2.52. The first-order valence-electron chi connectivity index (χ1n) is 7.86. The Morgan fingerprint density at radius 2 is 2.28 bits per heavy atom. The summed E-state index contributed by atoms with van der Waals surface area (Å²) in [5.74, 6) is 0.486. The van der Waals surface area contributed by atoms with Gasteiger partial charge >= 0.3 is 0 Å². The van der Waals surface area contributed by atoms with Gasteiger partial charge in [0.05, 0.1) is 23.9 Å². The number of benzene rings is 1. The number of amides is 1. The van der Waals surface area contributed by atoms with E-state index in [1.165, 1.54) is 28.7 Å². The first kappa shape index (κ1) is 17.3. The van der Waals surface area contributed by atoms with Crippen molar-refractivity contribution < 1.29 is 14.3 Å². The summed E-state index contributed by atoms with van der Waals surface area (Å²) in [4.78, 5) is 21.0. The molecule has 0 fully saturated rings. The van der Waals surface area contributed by atoms with Gasteiger partial charge in [0.2, 0.25) is 0 Å². The first-order chi connectivity index (χ1) is 12.2. The molecule has 0 saturated carbocycles. The SMILES string of the molecule is CCOCCn1c(=NC(=O)Cn2cncn2)sc2cc(OC)ccc21. The molecule has 2 aromatic heterocycles. The van der Waals surface area contributed by atoms with Crippen molar-refractivity contribution in [1.82, 2.24) is 19.3 Å². The molecule has 0 saturated heterocycles. The zero-order chi connectivity index (χ0) is 17.6. The van der Waals surface area contributed by atoms with Crippen molar-refractivity contribution in [2.75, 3.05) is 20.3 Å². The predicted molar refractivity (Wildman–Crippen MR) is 93.5 cm³/mol. The lowest BCUT2D eigenvalue weighted by atomic mass is 10.3. The molecule has 3 aromatic rings. The smallest absolute Gasteiger partial charge is 0.270 e. The summed E-state index contributed by atoms with van der Waals surface area (Å²) < 4.78 is 15.2. The van der Waals surface area contributed by atoms with E-state index in [2.05, 4.69) is 15.1 Å². The van der Waals surface area contributed by atoms with Crippen LogP contribution in [0.4, 0.5) is 0 Å². The van der Waals surface area contributed by atoms with Gasteiger partial charge in [0.15, 0.2) is 4.80 Å². The second-order valence-corrected chi connectivity index (χ2v) is 6.17. The van der Waals surface area contributed by atoms with Crippen LogP contribution >= 0.6 is 11.3 Å². The summed E-state index contributed by atoms with van der Waals surface area (Å²) in [5, 5.41) is 3.93. The second-order valence-electron chi connectivity index (χ2n) is 5.17. The molecule has 2 heterocycles. The number of hydrogen-bond acceptors (Lipinski definition) is 6. The van der Waals surface area contributed by atoms with E-state index >= 15 is 0 Å². The fourth-order valence-electron chi connectivity index (χ4n) is 2.38. The number of nitrogens with zero attached hydrogens (tertiary/aromatic N) is 5. The molecular formula is C16H19N5O3S. The van der Waals surface area contributed by atoms with Gasteiger partial charge in [-0.05, 0) is 25.1 Å². The van der Waals surface area contributed by atoms with Crippen molar-refractivity contribution >= 4 is 27.5 Å². The van der Waals surface area contributed by atoms with Crippen LogP contribution in [0.2, 0.25) is 0 Å². The largest absolute Gasteiger partial charge is 0.497 e. The highest BCUT2D eigenvalue weighted by molar-refractivity contribution is 7.16.